The van der Waals surface area contributed by atoms with E-state index >= 15 is 0 Å². The van der Waals surface area contributed by atoms with Crippen molar-refractivity contribution in [1.82, 2.24) is 33.2 Å². The van der Waals surface area contributed by atoms with Gasteiger partial charge in [0.2, 0.25) is 5.95 Å². The van der Waals surface area contributed by atoms with Crippen LogP contribution in [-0.4, -0.2) is 33.2 Å². The highest BCUT2D eigenvalue weighted by atomic mass is 15.2. The summed E-state index contributed by atoms with van der Waals surface area (Å²) in [5.41, 5.74) is 16.1. The highest BCUT2D eigenvalue weighted by molar-refractivity contribution is 6.24. The SMILES string of the molecule is c1ccc(-c2ccc(-n3c4ccccc4c4ccc5c6cc(-n7c8ccccc8c8ccccc87)ccc6n(-c6nc(-c7ccccc7)nc(-c7cccc8c7c7ccccc7n8-c7ccccc7)n6)c5c43)cc2)cc1. The number of rotatable bonds is 7. The molecule has 16 rings (SSSR count). The van der Waals surface area contributed by atoms with Gasteiger partial charge in [-0.25, -0.2) is 4.98 Å². The molecule has 7 nitrogen and oxygen atoms in total. The third-order valence-electron chi connectivity index (χ3n) is 15.4. The summed E-state index contributed by atoms with van der Waals surface area (Å²) >= 11 is 0. The summed E-state index contributed by atoms with van der Waals surface area (Å²) in [7, 11) is 0. The van der Waals surface area contributed by atoms with Gasteiger partial charge in [0.1, 0.15) is 0 Å². The van der Waals surface area contributed by atoms with Crippen LogP contribution in [0.25, 0.3) is 144 Å². The minimum atomic E-state index is 0.529. The van der Waals surface area contributed by atoms with Gasteiger partial charge in [-0.05, 0) is 83.9 Å². The fraction of sp³-hybridized carbons (Fsp3) is 0. The average Bonchev–Trinajstić information content (AvgIpc) is 4.29. The summed E-state index contributed by atoms with van der Waals surface area (Å²) in [4.78, 5) is 16.7. The summed E-state index contributed by atoms with van der Waals surface area (Å²) in [6.45, 7) is 0. The molecule has 0 fully saturated rings. The summed E-state index contributed by atoms with van der Waals surface area (Å²) in [5.74, 6) is 1.71. The molecule has 0 N–H and O–H groups in total. The number of nitrogens with zero attached hydrogens (tertiary/aromatic N) is 7. The minimum absolute atomic E-state index is 0.529. The molecule has 0 aliphatic heterocycles. The third kappa shape index (κ3) is 6.26. The zero-order valence-corrected chi connectivity index (χ0v) is 41.0. The summed E-state index contributed by atoms with van der Waals surface area (Å²) in [6, 6.07) is 93.3. The predicted octanol–water partition coefficient (Wildman–Crippen LogP) is 17.3. The van der Waals surface area contributed by atoms with Crippen LogP contribution in [-0.2, 0) is 0 Å². The Labute approximate surface area is 436 Å². The van der Waals surface area contributed by atoms with Crippen molar-refractivity contribution in [2.45, 2.75) is 0 Å². The standard InChI is InChI=1S/C69H43N7/c1-4-19-44(20-5-1)45-35-37-48(38-36-45)75-60-32-16-12-27-52(60)53-40-41-54-57-43-49(74-58-30-14-10-25-50(58)51-26-11-15-31-59(51)74)39-42-62(57)76(66(54)65(53)75)69-71-67(46-21-6-2-7-22-46)70-68(72-69)56-29-18-34-63-64(56)55-28-13-17-33-61(55)73(63)47-23-8-3-9-24-47/h1-43H. The Morgan fingerprint density at radius 2 is 0.684 bits per heavy atom. The van der Waals surface area contributed by atoms with Gasteiger partial charge in [-0.15, -0.1) is 0 Å². The lowest BCUT2D eigenvalue weighted by Gasteiger charge is -2.14. The first-order chi connectivity index (χ1) is 37.7. The van der Waals surface area contributed by atoms with Crippen LogP contribution >= 0.6 is 0 Å². The molecule has 0 atom stereocenters. The summed E-state index contributed by atoms with van der Waals surface area (Å²) in [6.07, 6.45) is 0. The van der Waals surface area contributed by atoms with Crippen molar-refractivity contribution >= 4 is 87.2 Å². The van der Waals surface area contributed by atoms with Crippen LogP contribution in [0.3, 0.4) is 0 Å². The van der Waals surface area contributed by atoms with E-state index in [9.17, 15) is 0 Å². The molecule has 0 saturated carbocycles. The molecule has 7 heteroatoms. The van der Waals surface area contributed by atoms with Crippen molar-refractivity contribution in [3.63, 3.8) is 0 Å². The van der Waals surface area contributed by atoms with E-state index in [1.807, 2.05) is 18.2 Å². The third-order valence-corrected chi connectivity index (χ3v) is 15.4. The number of fused-ring (bicyclic) bond motifs is 13. The first kappa shape index (κ1) is 42.2. The molecule has 0 aliphatic carbocycles. The highest BCUT2D eigenvalue weighted by Gasteiger charge is 2.26. The maximum atomic E-state index is 5.69. The molecule has 0 bridgehead atoms. The molecule has 76 heavy (non-hydrogen) atoms. The van der Waals surface area contributed by atoms with Gasteiger partial charge in [-0.1, -0.05) is 188 Å². The maximum Gasteiger partial charge on any atom is 0.238 e. The van der Waals surface area contributed by atoms with Crippen LogP contribution in [0.2, 0.25) is 0 Å². The van der Waals surface area contributed by atoms with E-state index in [0.717, 1.165) is 110 Å². The van der Waals surface area contributed by atoms with Gasteiger partial charge >= 0.3 is 0 Å². The smallest absolute Gasteiger partial charge is 0.238 e. The lowest BCUT2D eigenvalue weighted by atomic mass is 10.1. The first-order valence-electron chi connectivity index (χ1n) is 25.8. The van der Waals surface area contributed by atoms with Gasteiger partial charge in [0.25, 0.3) is 0 Å². The van der Waals surface area contributed by atoms with Gasteiger partial charge in [0, 0.05) is 71.3 Å². The molecule has 5 heterocycles. The first-order valence-corrected chi connectivity index (χ1v) is 25.8. The molecule has 11 aromatic carbocycles. The van der Waals surface area contributed by atoms with E-state index in [1.165, 1.54) is 16.3 Å². The minimum Gasteiger partial charge on any atom is -0.309 e. The zero-order valence-electron chi connectivity index (χ0n) is 41.0. The second-order valence-electron chi connectivity index (χ2n) is 19.6. The van der Waals surface area contributed by atoms with E-state index in [-0.39, 0.29) is 0 Å². The van der Waals surface area contributed by atoms with Crippen molar-refractivity contribution in [2.75, 3.05) is 0 Å². The number of para-hydroxylation sites is 5. The van der Waals surface area contributed by atoms with Crippen molar-refractivity contribution in [3.8, 4) is 56.9 Å². The topological polar surface area (TPSA) is 58.4 Å². The molecule has 0 aliphatic rings. The van der Waals surface area contributed by atoms with Crippen LogP contribution in [0.4, 0.5) is 0 Å². The molecule has 16 aromatic rings. The lowest BCUT2D eigenvalue weighted by Crippen LogP contribution is -2.07. The van der Waals surface area contributed by atoms with E-state index in [4.69, 9.17) is 15.0 Å². The van der Waals surface area contributed by atoms with Crippen molar-refractivity contribution in [2.24, 2.45) is 0 Å². The second kappa shape index (κ2) is 16.6. The largest absolute Gasteiger partial charge is 0.309 e. The van der Waals surface area contributed by atoms with Crippen LogP contribution in [0, 0.1) is 0 Å². The van der Waals surface area contributed by atoms with Gasteiger partial charge in [0.15, 0.2) is 11.6 Å². The van der Waals surface area contributed by atoms with E-state index in [1.54, 1.807) is 0 Å². The Balaban J connectivity index is 1.03. The molecule has 0 radical (unpaired) electrons. The number of hydrogen-bond donors (Lipinski definition) is 0. The molecule has 0 amide bonds. The number of benzene rings is 11. The summed E-state index contributed by atoms with van der Waals surface area (Å²) < 4.78 is 9.49. The Kier molecular flexibility index (Phi) is 9.20. The van der Waals surface area contributed by atoms with Crippen molar-refractivity contribution in [3.05, 3.63) is 261 Å². The second-order valence-corrected chi connectivity index (χ2v) is 19.6. The molecule has 0 unspecified atom stereocenters. The Morgan fingerprint density at radius 1 is 0.237 bits per heavy atom. The van der Waals surface area contributed by atoms with Crippen LogP contribution in [0.1, 0.15) is 0 Å². The van der Waals surface area contributed by atoms with Crippen LogP contribution in [0.15, 0.2) is 261 Å². The maximum absolute atomic E-state index is 5.69. The van der Waals surface area contributed by atoms with E-state index < -0.39 is 0 Å². The predicted molar refractivity (Wildman–Crippen MR) is 313 cm³/mol. The Hall–Kier alpha value is -10.4. The monoisotopic (exact) mass is 969 g/mol. The molecular weight excluding hydrogens is 927 g/mol. The van der Waals surface area contributed by atoms with Gasteiger partial charge < -0.3 is 13.7 Å². The van der Waals surface area contributed by atoms with Crippen molar-refractivity contribution < 1.29 is 0 Å². The van der Waals surface area contributed by atoms with Crippen molar-refractivity contribution in [1.29, 1.82) is 0 Å². The quantitative estimate of drug-likeness (QED) is 0.160. The number of hydrogen-bond acceptors (Lipinski definition) is 3. The fourth-order valence-corrected chi connectivity index (χ4v) is 12.2. The number of aromatic nitrogens is 7. The Bertz CT molecular complexity index is 4910. The zero-order chi connectivity index (χ0) is 49.8. The highest BCUT2D eigenvalue weighted by Crippen LogP contribution is 2.44. The van der Waals surface area contributed by atoms with Gasteiger partial charge in [0.05, 0.1) is 44.1 Å². The molecule has 0 saturated heterocycles. The van der Waals surface area contributed by atoms with Crippen LogP contribution in [0.5, 0.6) is 0 Å². The summed E-state index contributed by atoms with van der Waals surface area (Å²) in [5, 5.41) is 9.12. The molecule has 5 aromatic heterocycles. The van der Waals surface area contributed by atoms with Gasteiger partial charge in [-0.2, -0.15) is 9.97 Å². The lowest BCUT2D eigenvalue weighted by molar-refractivity contribution is 0.954. The van der Waals surface area contributed by atoms with Gasteiger partial charge in [-0.3, -0.25) is 4.57 Å². The Morgan fingerprint density at radius 3 is 1.36 bits per heavy atom. The normalized spacial score (nSPS) is 11.9. The average molecular weight is 970 g/mol. The molecule has 0 spiro atoms. The fourth-order valence-electron chi connectivity index (χ4n) is 12.2. The van der Waals surface area contributed by atoms with E-state index in [0.29, 0.717) is 17.6 Å². The van der Waals surface area contributed by atoms with Crippen LogP contribution < -0.4 is 0 Å². The molecular formula is C69H43N7. The molecule has 354 valence electrons. The van der Waals surface area contributed by atoms with E-state index in [2.05, 4.69) is 261 Å².